The third-order valence-electron chi connectivity index (χ3n) is 3.29. The fourth-order valence-electron chi connectivity index (χ4n) is 1.93. The van der Waals surface area contributed by atoms with Crippen LogP contribution in [0, 0.1) is 18.3 Å². The largest absolute Gasteiger partial charge is 0.334 e. The smallest absolute Gasteiger partial charge is 0.252 e. The highest BCUT2D eigenvalue weighted by molar-refractivity contribution is 9.10. The van der Waals surface area contributed by atoms with Crippen molar-refractivity contribution in [1.29, 1.82) is 5.26 Å². The quantitative estimate of drug-likeness (QED) is 0.911. The second-order valence-corrected chi connectivity index (χ2v) is 5.27. The van der Waals surface area contributed by atoms with Crippen molar-refractivity contribution < 1.29 is 4.79 Å². The van der Waals surface area contributed by atoms with Gasteiger partial charge in [0.05, 0.1) is 6.07 Å². The number of nitrogens with one attached hydrogen (secondary N) is 1. The predicted molar refractivity (Wildman–Crippen MR) is 68.5 cm³/mol. The molecule has 1 aromatic rings. The van der Waals surface area contributed by atoms with Crippen LogP contribution < -0.4 is 5.32 Å². The van der Waals surface area contributed by atoms with Gasteiger partial charge in [0.1, 0.15) is 5.54 Å². The Morgan fingerprint density at radius 1 is 1.53 bits per heavy atom. The van der Waals surface area contributed by atoms with E-state index in [2.05, 4.69) is 27.3 Å². The second-order valence-electron chi connectivity index (χ2n) is 4.41. The van der Waals surface area contributed by atoms with E-state index in [1.54, 1.807) is 6.07 Å². The number of nitriles is 1. The summed E-state index contributed by atoms with van der Waals surface area (Å²) in [4.78, 5) is 12.1. The molecule has 1 N–H and O–H groups in total. The summed E-state index contributed by atoms with van der Waals surface area (Å²) in [6, 6.07) is 7.71. The van der Waals surface area contributed by atoms with Crippen LogP contribution in [0.25, 0.3) is 0 Å². The molecule has 88 valence electrons. The van der Waals surface area contributed by atoms with Crippen molar-refractivity contribution in [3.05, 3.63) is 33.8 Å². The molecule has 0 bridgehead atoms. The van der Waals surface area contributed by atoms with Crippen LogP contribution in [0.3, 0.4) is 0 Å². The second kappa shape index (κ2) is 4.50. The number of benzene rings is 1. The molecule has 0 atom stereocenters. The number of nitrogens with zero attached hydrogens (tertiary/aromatic N) is 1. The van der Waals surface area contributed by atoms with Crippen molar-refractivity contribution in [3.8, 4) is 6.07 Å². The molecule has 0 aliphatic heterocycles. The summed E-state index contributed by atoms with van der Waals surface area (Å²) < 4.78 is 0.907. The fourth-order valence-corrected chi connectivity index (χ4v) is 2.30. The van der Waals surface area contributed by atoms with E-state index in [-0.39, 0.29) is 5.91 Å². The average molecular weight is 293 g/mol. The van der Waals surface area contributed by atoms with E-state index in [0.717, 1.165) is 29.3 Å². The van der Waals surface area contributed by atoms with E-state index in [9.17, 15) is 4.79 Å². The number of carbonyl (C=O) groups is 1. The SMILES string of the molecule is Cc1c(Br)cccc1C(=O)NC1(C#N)CCC1. The topological polar surface area (TPSA) is 52.9 Å². The standard InChI is InChI=1S/C13H13BrN2O/c1-9-10(4-2-5-11(9)14)12(17)16-13(8-15)6-3-7-13/h2,4-5H,3,6-7H2,1H3,(H,16,17). The molecule has 1 aliphatic rings. The van der Waals surface area contributed by atoms with E-state index < -0.39 is 5.54 Å². The van der Waals surface area contributed by atoms with Gasteiger partial charge in [-0.1, -0.05) is 22.0 Å². The highest BCUT2D eigenvalue weighted by Crippen LogP contribution is 2.31. The van der Waals surface area contributed by atoms with Crippen LogP contribution in [0.1, 0.15) is 35.2 Å². The van der Waals surface area contributed by atoms with Gasteiger partial charge in [0, 0.05) is 10.0 Å². The highest BCUT2D eigenvalue weighted by atomic mass is 79.9. The number of halogens is 1. The lowest BCUT2D eigenvalue weighted by Crippen LogP contribution is -2.52. The van der Waals surface area contributed by atoms with Crippen molar-refractivity contribution in [3.63, 3.8) is 0 Å². The molecule has 17 heavy (non-hydrogen) atoms. The molecular formula is C13H13BrN2O. The molecule has 1 saturated carbocycles. The van der Waals surface area contributed by atoms with E-state index >= 15 is 0 Å². The third-order valence-corrected chi connectivity index (χ3v) is 4.15. The Morgan fingerprint density at radius 2 is 2.24 bits per heavy atom. The van der Waals surface area contributed by atoms with Crippen molar-refractivity contribution in [2.75, 3.05) is 0 Å². The van der Waals surface area contributed by atoms with Gasteiger partial charge in [0.15, 0.2) is 0 Å². The van der Waals surface area contributed by atoms with Gasteiger partial charge in [-0.05, 0) is 43.9 Å². The molecule has 1 amide bonds. The van der Waals surface area contributed by atoms with Gasteiger partial charge in [-0.25, -0.2) is 0 Å². The summed E-state index contributed by atoms with van der Waals surface area (Å²) in [5, 5.41) is 11.9. The molecular weight excluding hydrogens is 280 g/mol. The summed E-state index contributed by atoms with van der Waals surface area (Å²) in [6.07, 6.45) is 2.51. The molecule has 3 nitrogen and oxygen atoms in total. The third kappa shape index (κ3) is 2.20. The molecule has 1 aliphatic carbocycles. The summed E-state index contributed by atoms with van der Waals surface area (Å²) in [5.41, 5.74) is 0.893. The monoisotopic (exact) mass is 292 g/mol. The lowest BCUT2D eigenvalue weighted by Gasteiger charge is -2.35. The van der Waals surface area contributed by atoms with Crippen LogP contribution >= 0.6 is 15.9 Å². The molecule has 0 spiro atoms. The van der Waals surface area contributed by atoms with E-state index in [0.29, 0.717) is 5.56 Å². The van der Waals surface area contributed by atoms with Crippen LogP contribution in [-0.4, -0.2) is 11.4 Å². The lowest BCUT2D eigenvalue weighted by molar-refractivity contribution is 0.0881. The molecule has 0 radical (unpaired) electrons. The molecule has 1 aromatic carbocycles. The maximum atomic E-state index is 12.1. The van der Waals surface area contributed by atoms with Gasteiger partial charge >= 0.3 is 0 Å². The zero-order chi connectivity index (χ0) is 12.5. The van der Waals surface area contributed by atoms with Gasteiger partial charge < -0.3 is 5.32 Å². The van der Waals surface area contributed by atoms with Gasteiger partial charge in [0.25, 0.3) is 5.91 Å². The zero-order valence-electron chi connectivity index (χ0n) is 9.59. The minimum Gasteiger partial charge on any atom is -0.334 e. The molecule has 2 rings (SSSR count). The minimum atomic E-state index is -0.633. The average Bonchev–Trinajstić information content (AvgIpc) is 2.27. The minimum absolute atomic E-state index is 0.162. The number of carbonyl (C=O) groups excluding carboxylic acids is 1. The van der Waals surface area contributed by atoms with Crippen molar-refractivity contribution in [2.45, 2.75) is 31.7 Å². The normalized spacial score (nSPS) is 16.8. The van der Waals surface area contributed by atoms with Gasteiger partial charge in [-0.2, -0.15) is 5.26 Å². The maximum Gasteiger partial charge on any atom is 0.252 e. The molecule has 0 heterocycles. The summed E-state index contributed by atoms with van der Waals surface area (Å²) in [5.74, 6) is -0.162. The van der Waals surface area contributed by atoms with Crippen molar-refractivity contribution in [2.24, 2.45) is 0 Å². The summed E-state index contributed by atoms with van der Waals surface area (Å²) in [7, 11) is 0. The summed E-state index contributed by atoms with van der Waals surface area (Å²) in [6.45, 7) is 1.89. The first-order valence-corrected chi connectivity index (χ1v) is 6.36. The number of hydrogen-bond donors (Lipinski definition) is 1. The van der Waals surface area contributed by atoms with Gasteiger partial charge in [0.2, 0.25) is 0 Å². The van der Waals surface area contributed by atoms with Crippen molar-refractivity contribution >= 4 is 21.8 Å². The highest BCUT2D eigenvalue weighted by Gasteiger charge is 2.38. The van der Waals surface area contributed by atoms with Crippen molar-refractivity contribution in [1.82, 2.24) is 5.32 Å². The zero-order valence-corrected chi connectivity index (χ0v) is 11.2. The van der Waals surface area contributed by atoms with Crippen LogP contribution in [0.4, 0.5) is 0 Å². The van der Waals surface area contributed by atoms with Crippen LogP contribution in [0.2, 0.25) is 0 Å². The number of amides is 1. The Morgan fingerprint density at radius 3 is 2.76 bits per heavy atom. The Kier molecular flexibility index (Phi) is 3.21. The Labute approximate surface area is 109 Å². The first kappa shape index (κ1) is 12.1. The Bertz CT molecular complexity index is 501. The summed E-state index contributed by atoms with van der Waals surface area (Å²) >= 11 is 3.40. The molecule has 4 heteroatoms. The van der Waals surface area contributed by atoms with Gasteiger partial charge in [-0.15, -0.1) is 0 Å². The Balaban J connectivity index is 2.21. The van der Waals surface area contributed by atoms with E-state index in [1.807, 2.05) is 19.1 Å². The van der Waals surface area contributed by atoms with Gasteiger partial charge in [-0.3, -0.25) is 4.79 Å². The molecule has 0 aromatic heterocycles. The maximum absolute atomic E-state index is 12.1. The number of hydrogen-bond acceptors (Lipinski definition) is 2. The lowest BCUT2D eigenvalue weighted by atomic mass is 9.78. The van der Waals surface area contributed by atoms with Crippen LogP contribution in [0.15, 0.2) is 22.7 Å². The molecule has 0 saturated heterocycles. The predicted octanol–water partition coefficient (Wildman–Crippen LogP) is 2.93. The van der Waals surface area contributed by atoms with E-state index in [1.165, 1.54) is 0 Å². The van der Waals surface area contributed by atoms with Crippen LogP contribution in [0.5, 0.6) is 0 Å². The first-order valence-electron chi connectivity index (χ1n) is 5.57. The van der Waals surface area contributed by atoms with Crippen LogP contribution in [-0.2, 0) is 0 Å². The molecule has 0 unspecified atom stereocenters. The first-order chi connectivity index (χ1) is 8.08. The van der Waals surface area contributed by atoms with E-state index in [4.69, 9.17) is 5.26 Å². The number of rotatable bonds is 2. The Hall–Kier alpha value is -1.34. The fraction of sp³-hybridized carbons (Fsp3) is 0.385. The molecule has 1 fully saturated rings.